The fraction of sp³-hybridized carbons (Fsp3) is 0.500. The highest BCUT2D eigenvalue weighted by Crippen LogP contribution is 2.25. The Bertz CT molecular complexity index is 1210. The number of amides is 2. The Hall–Kier alpha value is -2.29. The molecule has 2 amide bonds. The van der Waals surface area contributed by atoms with E-state index in [1.807, 2.05) is 52.8 Å². The van der Waals surface area contributed by atoms with Crippen molar-refractivity contribution in [3.8, 4) is 0 Å². The van der Waals surface area contributed by atoms with Crippen LogP contribution in [-0.2, 0) is 26.2 Å². The molecule has 2 rings (SSSR count). The third-order valence-electron chi connectivity index (χ3n) is 6.05. The fourth-order valence-electron chi connectivity index (χ4n) is 4.28. The maximum atomic E-state index is 13.5. The van der Waals surface area contributed by atoms with E-state index < -0.39 is 16.1 Å². The highest BCUT2D eigenvalue weighted by Gasteiger charge is 2.29. The topological polar surface area (TPSA) is 86.8 Å². The van der Waals surface area contributed by atoms with Gasteiger partial charge >= 0.3 is 0 Å². The van der Waals surface area contributed by atoms with Gasteiger partial charge in [-0.3, -0.25) is 13.9 Å². The van der Waals surface area contributed by atoms with Crippen molar-refractivity contribution in [3.05, 3.63) is 63.1 Å². The lowest BCUT2D eigenvalue weighted by Crippen LogP contribution is -2.49. The molecule has 0 bridgehead atoms. The van der Waals surface area contributed by atoms with Gasteiger partial charge in [0.25, 0.3) is 0 Å². The van der Waals surface area contributed by atoms with Gasteiger partial charge in [-0.25, -0.2) is 8.42 Å². The molecule has 1 unspecified atom stereocenters. The van der Waals surface area contributed by atoms with Crippen molar-refractivity contribution in [1.29, 1.82) is 0 Å². The molecule has 10 heteroatoms. The second-order valence-electron chi connectivity index (χ2n) is 10.1. The van der Waals surface area contributed by atoms with Crippen LogP contribution in [0.5, 0.6) is 0 Å². The highest BCUT2D eigenvalue weighted by molar-refractivity contribution is 7.92. The minimum Gasteiger partial charge on any atom is -0.354 e. The Labute approximate surface area is 237 Å². The zero-order valence-corrected chi connectivity index (χ0v) is 25.4. The molecule has 0 heterocycles. The Balaban J connectivity index is 2.26. The molecule has 7 nitrogen and oxygen atoms in total. The first-order chi connectivity index (χ1) is 17.7. The molecule has 38 heavy (non-hydrogen) atoms. The van der Waals surface area contributed by atoms with E-state index in [1.165, 1.54) is 4.31 Å². The normalized spacial score (nSPS) is 12.3. The standard InChI is InChI=1S/C28H39Cl2N3O4S/c1-7-26(28(35)31-17-19(2)3)32(18-22-10-11-24(29)25(30)16-22)27(34)9-8-12-33(38(6,36)37)23-14-20(4)13-21(5)15-23/h10-11,13-16,19,26H,7-9,12,17-18H2,1-6H3,(H,31,35). The largest absolute Gasteiger partial charge is 0.354 e. The van der Waals surface area contributed by atoms with Gasteiger partial charge < -0.3 is 10.2 Å². The summed E-state index contributed by atoms with van der Waals surface area (Å²) in [6.45, 7) is 10.5. The van der Waals surface area contributed by atoms with Crippen LogP contribution in [0.25, 0.3) is 0 Å². The first kappa shape index (κ1) is 31.9. The van der Waals surface area contributed by atoms with Crippen LogP contribution in [-0.4, -0.2) is 50.5 Å². The number of carbonyl (C=O) groups excluding carboxylic acids is 2. The monoisotopic (exact) mass is 583 g/mol. The van der Waals surface area contributed by atoms with Crippen molar-refractivity contribution in [2.45, 2.75) is 66.5 Å². The molecule has 0 aromatic heterocycles. The first-order valence-corrected chi connectivity index (χ1v) is 15.4. The smallest absolute Gasteiger partial charge is 0.242 e. The molecular formula is C28H39Cl2N3O4S. The molecule has 0 radical (unpaired) electrons. The van der Waals surface area contributed by atoms with E-state index in [4.69, 9.17) is 23.2 Å². The lowest BCUT2D eigenvalue weighted by atomic mass is 10.1. The number of carbonyl (C=O) groups is 2. The number of sulfonamides is 1. The predicted octanol–water partition coefficient (Wildman–Crippen LogP) is 5.74. The number of aryl methyl sites for hydroxylation is 2. The summed E-state index contributed by atoms with van der Waals surface area (Å²) in [7, 11) is -3.56. The Morgan fingerprint density at radius 2 is 1.63 bits per heavy atom. The van der Waals surface area contributed by atoms with Crippen molar-refractivity contribution in [1.82, 2.24) is 10.2 Å². The van der Waals surface area contributed by atoms with Gasteiger partial charge in [-0.05, 0) is 73.6 Å². The molecule has 2 aromatic rings. The van der Waals surface area contributed by atoms with Crippen LogP contribution in [0.1, 0.15) is 56.7 Å². The number of rotatable bonds is 13. The van der Waals surface area contributed by atoms with Crippen molar-refractivity contribution in [2.24, 2.45) is 5.92 Å². The number of benzene rings is 2. The summed E-state index contributed by atoms with van der Waals surface area (Å²) in [4.78, 5) is 28.1. The summed E-state index contributed by atoms with van der Waals surface area (Å²) in [6.07, 6.45) is 1.96. The van der Waals surface area contributed by atoms with Gasteiger partial charge in [0.1, 0.15) is 6.04 Å². The second-order valence-corrected chi connectivity index (χ2v) is 12.8. The molecule has 0 saturated heterocycles. The summed E-state index contributed by atoms with van der Waals surface area (Å²) >= 11 is 12.3. The molecule has 1 atom stereocenters. The van der Waals surface area contributed by atoms with Crippen LogP contribution in [0.4, 0.5) is 5.69 Å². The third kappa shape index (κ3) is 9.47. The molecule has 210 valence electrons. The molecular weight excluding hydrogens is 545 g/mol. The second kappa shape index (κ2) is 14.2. The number of nitrogens with zero attached hydrogens (tertiary/aromatic N) is 2. The van der Waals surface area contributed by atoms with Gasteiger partial charge in [-0.1, -0.05) is 56.1 Å². The maximum absolute atomic E-state index is 13.5. The first-order valence-electron chi connectivity index (χ1n) is 12.8. The van der Waals surface area contributed by atoms with E-state index in [1.54, 1.807) is 23.1 Å². The highest BCUT2D eigenvalue weighted by atomic mass is 35.5. The van der Waals surface area contributed by atoms with Gasteiger partial charge in [-0.2, -0.15) is 0 Å². The number of hydrogen-bond donors (Lipinski definition) is 1. The minimum atomic E-state index is -3.56. The van der Waals surface area contributed by atoms with Gasteiger partial charge in [0.2, 0.25) is 21.8 Å². The van der Waals surface area contributed by atoms with Crippen molar-refractivity contribution < 1.29 is 18.0 Å². The molecule has 0 spiro atoms. The summed E-state index contributed by atoms with van der Waals surface area (Å²) in [6, 6.07) is 10.1. The van der Waals surface area contributed by atoms with E-state index in [2.05, 4.69) is 5.32 Å². The molecule has 0 aliphatic heterocycles. The maximum Gasteiger partial charge on any atom is 0.242 e. The quantitative estimate of drug-likeness (QED) is 0.326. The number of halogens is 2. The van der Waals surface area contributed by atoms with Gasteiger partial charge in [0, 0.05) is 26.1 Å². The molecule has 1 N–H and O–H groups in total. The van der Waals surface area contributed by atoms with E-state index in [0.29, 0.717) is 35.1 Å². The Morgan fingerprint density at radius 1 is 1.00 bits per heavy atom. The summed E-state index contributed by atoms with van der Waals surface area (Å²) < 4.78 is 26.5. The minimum absolute atomic E-state index is 0.0755. The summed E-state index contributed by atoms with van der Waals surface area (Å²) in [5, 5.41) is 3.71. The Kier molecular flexibility index (Phi) is 11.9. The fourth-order valence-corrected chi connectivity index (χ4v) is 5.55. The third-order valence-corrected chi connectivity index (χ3v) is 7.99. The predicted molar refractivity (Wildman–Crippen MR) is 156 cm³/mol. The molecule has 0 aliphatic rings. The Morgan fingerprint density at radius 3 is 2.16 bits per heavy atom. The van der Waals surface area contributed by atoms with Crippen LogP contribution in [0, 0.1) is 19.8 Å². The summed E-state index contributed by atoms with van der Waals surface area (Å²) in [5.41, 5.74) is 3.23. The van der Waals surface area contributed by atoms with Crippen LogP contribution >= 0.6 is 23.2 Å². The number of anilines is 1. The van der Waals surface area contributed by atoms with Gasteiger partial charge in [-0.15, -0.1) is 0 Å². The van der Waals surface area contributed by atoms with Crippen molar-refractivity contribution in [3.63, 3.8) is 0 Å². The van der Waals surface area contributed by atoms with Crippen LogP contribution in [0.2, 0.25) is 10.0 Å². The zero-order valence-electron chi connectivity index (χ0n) is 23.1. The summed E-state index contributed by atoms with van der Waals surface area (Å²) in [5.74, 6) is -0.193. The zero-order chi connectivity index (χ0) is 28.6. The average Bonchev–Trinajstić information content (AvgIpc) is 2.80. The van der Waals surface area contributed by atoms with Crippen LogP contribution in [0.15, 0.2) is 36.4 Å². The number of hydrogen-bond acceptors (Lipinski definition) is 4. The van der Waals surface area contributed by atoms with Gasteiger partial charge in [0.15, 0.2) is 0 Å². The van der Waals surface area contributed by atoms with E-state index in [9.17, 15) is 18.0 Å². The van der Waals surface area contributed by atoms with Crippen LogP contribution in [0.3, 0.4) is 0 Å². The van der Waals surface area contributed by atoms with Crippen molar-refractivity contribution >= 4 is 50.7 Å². The molecule has 2 aromatic carbocycles. The molecule has 0 fully saturated rings. The molecule has 0 saturated carbocycles. The number of nitrogens with one attached hydrogen (secondary N) is 1. The van der Waals surface area contributed by atoms with Crippen molar-refractivity contribution in [2.75, 3.05) is 23.7 Å². The van der Waals surface area contributed by atoms with Crippen LogP contribution < -0.4 is 9.62 Å². The van der Waals surface area contributed by atoms with E-state index in [0.717, 1.165) is 22.9 Å². The van der Waals surface area contributed by atoms with Gasteiger partial charge in [0.05, 0.1) is 22.0 Å². The molecule has 0 aliphatic carbocycles. The lowest BCUT2D eigenvalue weighted by Gasteiger charge is -2.31. The average molecular weight is 585 g/mol. The van der Waals surface area contributed by atoms with E-state index >= 15 is 0 Å². The van der Waals surface area contributed by atoms with E-state index in [-0.39, 0.29) is 37.2 Å². The lowest BCUT2D eigenvalue weighted by molar-refractivity contribution is -0.141. The SMILES string of the molecule is CCC(C(=O)NCC(C)C)N(Cc1ccc(Cl)c(Cl)c1)C(=O)CCCN(c1cc(C)cc(C)c1)S(C)(=O)=O.